The molecule has 0 radical (unpaired) electrons. The molecule has 0 spiro atoms. The van der Waals surface area contributed by atoms with Crippen LogP contribution in [0, 0.1) is 0 Å². The van der Waals surface area contributed by atoms with Crippen LogP contribution in [0.2, 0.25) is 0 Å². The van der Waals surface area contributed by atoms with Gasteiger partial charge in [0.15, 0.2) is 5.17 Å². The molecule has 9 nitrogen and oxygen atoms in total. The zero-order chi connectivity index (χ0) is 29.9. The van der Waals surface area contributed by atoms with E-state index in [1.165, 1.54) is 11.8 Å². The van der Waals surface area contributed by atoms with Crippen molar-refractivity contribution in [1.29, 1.82) is 0 Å². The van der Waals surface area contributed by atoms with Crippen LogP contribution in [-0.4, -0.2) is 60.0 Å². The highest BCUT2D eigenvalue weighted by atomic mass is 32.2. The second-order valence-corrected chi connectivity index (χ2v) is 10.6. The third-order valence-corrected chi connectivity index (χ3v) is 7.60. The van der Waals surface area contributed by atoms with Crippen LogP contribution in [0.1, 0.15) is 42.6 Å². The van der Waals surface area contributed by atoms with Gasteiger partial charge in [-0.2, -0.15) is 0 Å². The van der Waals surface area contributed by atoms with Crippen LogP contribution in [0.4, 0.5) is 11.4 Å². The first-order valence-electron chi connectivity index (χ1n) is 13.9. The van der Waals surface area contributed by atoms with Gasteiger partial charge in [0.05, 0.1) is 31.6 Å². The minimum atomic E-state index is -0.664. The number of carbonyl (C=O) groups is 3. The van der Waals surface area contributed by atoms with Crippen molar-refractivity contribution in [2.45, 2.75) is 38.4 Å². The van der Waals surface area contributed by atoms with Crippen molar-refractivity contribution >= 4 is 46.1 Å². The molecule has 1 fully saturated rings. The number of benzene rings is 3. The van der Waals surface area contributed by atoms with Gasteiger partial charge in [0.2, 0.25) is 11.8 Å². The largest absolute Gasteiger partial charge is 0.497 e. The molecule has 220 valence electrons. The SMILES string of the molecule is CCCOc1ccc(NC(=O)[C@@H]2CC(=O)N(CCc3ccc(OC)cc3)C(=Nc3ccc(C(=O)OCC)cc3)S2)cc1. The molecule has 10 heteroatoms. The molecule has 1 saturated heterocycles. The number of hydrogen-bond acceptors (Lipinski definition) is 8. The smallest absolute Gasteiger partial charge is 0.338 e. The molecule has 1 aliphatic rings. The van der Waals surface area contributed by atoms with Crippen LogP contribution >= 0.6 is 11.8 Å². The van der Waals surface area contributed by atoms with E-state index in [1.54, 1.807) is 67.5 Å². The fourth-order valence-electron chi connectivity index (χ4n) is 4.17. The maximum atomic E-state index is 13.4. The van der Waals surface area contributed by atoms with Gasteiger partial charge in [0.1, 0.15) is 16.7 Å². The second kappa shape index (κ2) is 15.1. The highest BCUT2D eigenvalue weighted by molar-refractivity contribution is 8.15. The minimum Gasteiger partial charge on any atom is -0.497 e. The summed E-state index contributed by atoms with van der Waals surface area (Å²) in [5.74, 6) is 0.604. The van der Waals surface area contributed by atoms with Crippen LogP contribution < -0.4 is 14.8 Å². The number of rotatable bonds is 12. The Labute approximate surface area is 250 Å². The molecule has 0 aliphatic carbocycles. The number of nitrogens with one attached hydrogen (secondary N) is 1. The Morgan fingerprint density at radius 2 is 1.67 bits per heavy atom. The number of thioether (sulfide) groups is 1. The summed E-state index contributed by atoms with van der Waals surface area (Å²) < 4.78 is 15.9. The van der Waals surface area contributed by atoms with E-state index >= 15 is 0 Å². The van der Waals surface area contributed by atoms with Gasteiger partial charge in [0.25, 0.3) is 0 Å². The van der Waals surface area contributed by atoms with Crippen molar-refractivity contribution < 1.29 is 28.6 Å². The molecule has 1 aliphatic heterocycles. The summed E-state index contributed by atoms with van der Waals surface area (Å²) in [6.45, 7) is 5.08. The predicted molar refractivity (Wildman–Crippen MR) is 165 cm³/mol. The number of aliphatic imine (C=N–C) groups is 1. The molecule has 1 N–H and O–H groups in total. The summed E-state index contributed by atoms with van der Waals surface area (Å²) >= 11 is 1.25. The number of hydrogen-bond donors (Lipinski definition) is 1. The van der Waals surface area contributed by atoms with E-state index in [2.05, 4.69) is 5.32 Å². The molecule has 0 bridgehead atoms. The van der Waals surface area contributed by atoms with E-state index < -0.39 is 11.2 Å². The van der Waals surface area contributed by atoms with E-state index in [-0.39, 0.29) is 24.8 Å². The Balaban J connectivity index is 1.52. The van der Waals surface area contributed by atoms with Crippen molar-refractivity contribution in [3.05, 3.63) is 83.9 Å². The Hall–Kier alpha value is -4.31. The number of amidine groups is 1. The first kappa shape index (κ1) is 30.6. The van der Waals surface area contributed by atoms with Gasteiger partial charge in [-0.05, 0) is 86.0 Å². The molecule has 0 aromatic heterocycles. The highest BCUT2D eigenvalue weighted by Crippen LogP contribution is 2.31. The first-order chi connectivity index (χ1) is 20.4. The Kier molecular flexibility index (Phi) is 11.0. The van der Waals surface area contributed by atoms with Crippen molar-refractivity contribution in [2.75, 3.05) is 32.2 Å². The van der Waals surface area contributed by atoms with Crippen molar-refractivity contribution in [3.8, 4) is 11.5 Å². The molecule has 0 saturated carbocycles. The molecule has 4 rings (SSSR count). The number of methoxy groups -OCH3 is 1. The van der Waals surface area contributed by atoms with E-state index in [1.807, 2.05) is 31.2 Å². The van der Waals surface area contributed by atoms with Crippen molar-refractivity contribution in [1.82, 2.24) is 4.90 Å². The summed E-state index contributed by atoms with van der Waals surface area (Å²) in [7, 11) is 1.62. The van der Waals surface area contributed by atoms with Gasteiger partial charge in [-0.1, -0.05) is 30.8 Å². The first-order valence-corrected chi connectivity index (χ1v) is 14.8. The zero-order valence-electron chi connectivity index (χ0n) is 24.0. The van der Waals surface area contributed by atoms with Crippen LogP contribution in [0.5, 0.6) is 11.5 Å². The molecule has 2 amide bonds. The fraction of sp³-hybridized carbons (Fsp3) is 0.312. The third-order valence-electron chi connectivity index (χ3n) is 6.41. The lowest BCUT2D eigenvalue weighted by Crippen LogP contribution is -2.46. The molecule has 1 heterocycles. The number of amides is 2. The third kappa shape index (κ3) is 8.36. The van der Waals surface area contributed by atoms with Crippen LogP contribution in [0.25, 0.3) is 0 Å². The molecular weight excluding hydrogens is 554 g/mol. The average molecular weight is 590 g/mol. The summed E-state index contributed by atoms with van der Waals surface area (Å²) in [6, 6.07) is 21.5. The maximum Gasteiger partial charge on any atom is 0.338 e. The molecule has 3 aromatic rings. The Morgan fingerprint density at radius 3 is 2.31 bits per heavy atom. The van der Waals surface area contributed by atoms with E-state index in [0.717, 1.165) is 23.5 Å². The van der Waals surface area contributed by atoms with Crippen LogP contribution in [0.3, 0.4) is 0 Å². The second-order valence-electron chi connectivity index (χ2n) is 9.48. The normalized spacial score (nSPS) is 15.8. The number of esters is 1. The van der Waals surface area contributed by atoms with Gasteiger partial charge in [0, 0.05) is 18.7 Å². The van der Waals surface area contributed by atoms with Gasteiger partial charge in [-0.3, -0.25) is 14.5 Å². The summed E-state index contributed by atoms with van der Waals surface area (Å²) in [5, 5.41) is 2.67. The topological polar surface area (TPSA) is 107 Å². The standard InChI is InChI=1S/C32H35N3O6S/c1-4-20-41-27-16-12-24(13-17-27)33-30(37)28-21-29(36)35(19-18-22-6-14-26(39-3)15-7-22)32(42-28)34-25-10-8-23(9-11-25)31(38)40-5-2/h6-17,28H,4-5,18-21H2,1-3H3,(H,33,37)/t28-/m0/s1. The maximum absolute atomic E-state index is 13.4. The fourth-order valence-corrected chi connectivity index (χ4v) is 5.29. The quantitative estimate of drug-likeness (QED) is 0.264. The lowest BCUT2D eigenvalue weighted by atomic mass is 10.1. The Morgan fingerprint density at radius 1 is 0.976 bits per heavy atom. The highest BCUT2D eigenvalue weighted by Gasteiger charge is 2.35. The van der Waals surface area contributed by atoms with Gasteiger partial charge in [-0.15, -0.1) is 0 Å². The van der Waals surface area contributed by atoms with Crippen molar-refractivity contribution in [2.24, 2.45) is 4.99 Å². The monoisotopic (exact) mass is 589 g/mol. The number of anilines is 1. The molecule has 3 aromatic carbocycles. The van der Waals surface area contributed by atoms with Gasteiger partial charge in [-0.25, -0.2) is 9.79 Å². The number of ether oxygens (including phenoxy) is 3. The minimum absolute atomic E-state index is 0.0393. The number of nitrogens with zero attached hydrogens (tertiary/aromatic N) is 2. The molecule has 1 atom stereocenters. The van der Waals surface area contributed by atoms with Gasteiger partial charge >= 0.3 is 5.97 Å². The summed E-state index contributed by atoms with van der Waals surface area (Å²) in [6.07, 6.45) is 1.54. The summed E-state index contributed by atoms with van der Waals surface area (Å²) in [4.78, 5) is 45.1. The summed E-state index contributed by atoms with van der Waals surface area (Å²) in [5.41, 5.74) is 2.62. The van der Waals surface area contributed by atoms with Crippen LogP contribution in [-0.2, 0) is 20.7 Å². The number of carbonyl (C=O) groups excluding carboxylic acids is 3. The zero-order valence-corrected chi connectivity index (χ0v) is 24.8. The van der Waals surface area contributed by atoms with E-state index in [9.17, 15) is 14.4 Å². The van der Waals surface area contributed by atoms with E-state index in [0.29, 0.717) is 41.7 Å². The lowest BCUT2D eigenvalue weighted by molar-refractivity contribution is -0.129. The van der Waals surface area contributed by atoms with Crippen LogP contribution in [0.15, 0.2) is 77.8 Å². The van der Waals surface area contributed by atoms with E-state index in [4.69, 9.17) is 19.2 Å². The average Bonchev–Trinajstić information content (AvgIpc) is 3.01. The molecule has 42 heavy (non-hydrogen) atoms. The van der Waals surface area contributed by atoms with Crippen molar-refractivity contribution in [3.63, 3.8) is 0 Å². The predicted octanol–water partition coefficient (Wildman–Crippen LogP) is 5.86. The molecule has 0 unspecified atom stereocenters. The molecular formula is C32H35N3O6S. The Bertz CT molecular complexity index is 1390. The van der Waals surface area contributed by atoms with Gasteiger partial charge < -0.3 is 19.5 Å². The lowest BCUT2D eigenvalue weighted by Gasteiger charge is -2.32.